The van der Waals surface area contributed by atoms with Gasteiger partial charge >= 0.3 is 0 Å². The molecule has 0 aliphatic heterocycles. The maximum atomic E-state index is 8.86. The van der Waals surface area contributed by atoms with Gasteiger partial charge in [0.15, 0.2) is 0 Å². The first-order chi connectivity index (χ1) is 27.2. The van der Waals surface area contributed by atoms with Crippen molar-refractivity contribution >= 4 is 54.3 Å². The summed E-state index contributed by atoms with van der Waals surface area (Å²) in [6, 6.07) is 44.8. The van der Waals surface area contributed by atoms with Crippen molar-refractivity contribution < 1.29 is 14.0 Å². The van der Waals surface area contributed by atoms with Gasteiger partial charge in [-0.15, -0.1) is 0 Å². The normalized spacial score (nSPS) is 13.7. The van der Waals surface area contributed by atoms with Crippen LogP contribution in [0, 0.1) is 0 Å². The van der Waals surface area contributed by atoms with Gasteiger partial charge in [0, 0.05) is 10.8 Å². The number of benzene rings is 9. The fraction of sp³-hybridized carbons (Fsp3) is 0. The molecule has 0 amide bonds. The second kappa shape index (κ2) is 11.1. The zero-order valence-electron chi connectivity index (χ0n) is 33.2. The number of furan rings is 1. The van der Waals surface area contributed by atoms with Gasteiger partial charge in [0.2, 0.25) is 0 Å². The second-order valence-corrected chi connectivity index (χ2v) is 12.3. The van der Waals surface area contributed by atoms with Crippen molar-refractivity contribution in [2.45, 2.75) is 0 Å². The van der Waals surface area contributed by atoms with Gasteiger partial charge in [-0.1, -0.05) is 164 Å². The lowest BCUT2D eigenvalue weighted by Crippen LogP contribution is -1.91. The third-order valence-corrected chi connectivity index (χ3v) is 9.58. The average Bonchev–Trinajstić information content (AvgIpc) is 3.62. The Morgan fingerprint density at radius 1 is 0.367 bits per heavy atom. The van der Waals surface area contributed by atoms with E-state index in [1.54, 1.807) is 0 Å². The molecule has 1 heterocycles. The second-order valence-electron chi connectivity index (χ2n) is 12.3. The summed E-state index contributed by atoms with van der Waals surface area (Å²) in [7, 11) is 0. The Balaban J connectivity index is 1.19. The van der Waals surface area contributed by atoms with E-state index in [9.17, 15) is 0 Å². The van der Waals surface area contributed by atoms with Gasteiger partial charge in [-0.05, 0) is 95.0 Å². The lowest BCUT2D eigenvalue weighted by atomic mass is 9.84. The van der Waals surface area contributed by atoms with E-state index in [4.69, 9.17) is 14.0 Å². The Bertz CT molecular complexity index is 3190. The lowest BCUT2D eigenvalue weighted by molar-refractivity contribution is 0.669. The maximum absolute atomic E-state index is 8.86. The van der Waals surface area contributed by atoms with Crippen LogP contribution in [-0.4, -0.2) is 0 Å². The maximum Gasteiger partial charge on any atom is 0.136 e. The van der Waals surface area contributed by atoms with Crippen LogP contribution in [0.2, 0.25) is 0 Å². The van der Waals surface area contributed by atoms with E-state index in [1.807, 2.05) is 60.7 Å². The summed E-state index contributed by atoms with van der Waals surface area (Å²) in [4.78, 5) is 0. The van der Waals surface area contributed by atoms with Crippen molar-refractivity contribution in [3.63, 3.8) is 0 Å². The molecule has 0 radical (unpaired) electrons. The van der Waals surface area contributed by atoms with E-state index >= 15 is 0 Å². The van der Waals surface area contributed by atoms with Crippen LogP contribution in [0.1, 0.15) is 9.60 Å². The number of hydrogen-bond donors (Lipinski definition) is 0. The monoisotopic (exact) mass is 629 g/mol. The molecular weight excluding hydrogens is 593 g/mol. The van der Waals surface area contributed by atoms with E-state index in [-0.39, 0.29) is 46.5 Å². The first-order valence-corrected chi connectivity index (χ1v) is 16.3. The zero-order valence-corrected chi connectivity index (χ0v) is 26.2. The van der Waals surface area contributed by atoms with Gasteiger partial charge < -0.3 is 4.42 Å². The molecule has 0 saturated carbocycles. The molecule has 1 aromatic heterocycles. The van der Waals surface area contributed by atoms with Crippen molar-refractivity contribution in [3.8, 4) is 44.5 Å². The minimum absolute atomic E-state index is 0.0549. The quantitative estimate of drug-likeness (QED) is 0.177. The van der Waals surface area contributed by atoms with Gasteiger partial charge in [0.1, 0.15) is 11.2 Å². The molecule has 10 aromatic rings. The van der Waals surface area contributed by atoms with Crippen LogP contribution < -0.4 is 0 Å². The van der Waals surface area contributed by atoms with Gasteiger partial charge in [0.25, 0.3) is 0 Å². The molecule has 10 rings (SSSR count). The highest BCUT2D eigenvalue weighted by molar-refractivity contribution is 6.25. The molecule has 0 atom stereocenters. The number of hydrogen-bond acceptors (Lipinski definition) is 1. The highest BCUT2D eigenvalue weighted by Gasteiger charge is 2.20. The van der Waals surface area contributed by atoms with Crippen LogP contribution in [-0.2, 0) is 0 Å². The summed E-state index contributed by atoms with van der Waals surface area (Å²) in [5, 5.41) is 6.38. The third kappa shape index (κ3) is 4.40. The molecule has 49 heavy (non-hydrogen) atoms. The van der Waals surface area contributed by atoms with E-state index in [0.29, 0.717) is 5.56 Å². The summed E-state index contributed by atoms with van der Waals surface area (Å²) in [5.74, 6) is 0. The Morgan fingerprint density at radius 3 is 1.76 bits per heavy atom. The Labute approximate surface area is 294 Å². The number of rotatable bonds is 4. The van der Waals surface area contributed by atoms with Crippen LogP contribution in [0.15, 0.2) is 186 Å². The third-order valence-electron chi connectivity index (χ3n) is 9.58. The predicted octanol–water partition coefficient (Wildman–Crippen LogP) is 13.7. The van der Waals surface area contributed by atoms with E-state index in [0.717, 1.165) is 76.9 Å². The first kappa shape index (κ1) is 21.4. The molecule has 0 fully saturated rings. The van der Waals surface area contributed by atoms with E-state index in [1.165, 1.54) is 0 Å². The standard InChI is InChI=1S/C48H30O/c1-2-12-31(13-3-1)35-28-29-42-45(30-35)49-44-23-11-22-43(48(42)44)47-40-19-8-6-17-38(40)46(39-18-7-9-20-41(39)47)34-26-24-33(25-27-34)37-21-10-15-32-14-4-5-16-36(32)37/h1-30H/i4D,5D,10D,14D,15D,16D,21D. The summed E-state index contributed by atoms with van der Waals surface area (Å²) >= 11 is 0. The number of fused-ring (bicyclic) bond motifs is 6. The lowest BCUT2D eigenvalue weighted by Gasteiger charge is -2.18. The Kier molecular flexibility index (Phi) is 4.85. The van der Waals surface area contributed by atoms with Crippen molar-refractivity contribution in [2.24, 2.45) is 0 Å². The smallest absolute Gasteiger partial charge is 0.136 e. The van der Waals surface area contributed by atoms with Crippen LogP contribution in [0.4, 0.5) is 0 Å². The molecule has 9 aromatic carbocycles. The molecule has 0 aliphatic rings. The van der Waals surface area contributed by atoms with Crippen molar-refractivity contribution in [1.82, 2.24) is 0 Å². The SMILES string of the molecule is [2H]c1c([2H])c([2H])c2c(-c3ccc(-c4c5ccccc5c(-c5cccc6oc7cc(-c8ccccc8)ccc7c56)c5ccccc45)cc3)c([2H])c([2H])c([2H])c2c1[2H]. The fourth-order valence-electron chi connectivity index (χ4n) is 7.41. The van der Waals surface area contributed by atoms with Crippen molar-refractivity contribution in [1.29, 1.82) is 0 Å². The molecule has 0 spiro atoms. The zero-order chi connectivity index (χ0) is 38.4. The molecule has 0 aliphatic carbocycles. The highest BCUT2D eigenvalue weighted by atomic mass is 16.3. The minimum atomic E-state index is -0.467. The molecule has 0 saturated heterocycles. The molecule has 1 heteroatoms. The Morgan fingerprint density at radius 2 is 1.00 bits per heavy atom. The van der Waals surface area contributed by atoms with Crippen LogP contribution in [0.25, 0.3) is 98.8 Å². The van der Waals surface area contributed by atoms with Crippen LogP contribution >= 0.6 is 0 Å². The van der Waals surface area contributed by atoms with Gasteiger partial charge in [-0.2, -0.15) is 0 Å². The van der Waals surface area contributed by atoms with Gasteiger partial charge in [-0.25, -0.2) is 0 Å². The fourth-order valence-corrected chi connectivity index (χ4v) is 7.41. The molecular formula is C48H30O. The Hall–Kier alpha value is -6.44. The van der Waals surface area contributed by atoms with Crippen LogP contribution in [0.5, 0.6) is 0 Å². The van der Waals surface area contributed by atoms with Crippen molar-refractivity contribution in [2.75, 3.05) is 0 Å². The molecule has 0 N–H and O–H groups in total. The van der Waals surface area contributed by atoms with E-state index in [2.05, 4.69) is 78.9 Å². The molecule has 0 unspecified atom stereocenters. The minimum Gasteiger partial charge on any atom is -0.456 e. The first-order valence-electron chi connectivity index (χ1n) is 19.8. The molecule has 0 bridgehead atoms. The molecule has 1 nitrogen and oxygen atoms in total. The summed E-state index contributed by atoms with van der Waals surface area (Å²) in [6.45, 7) is 0. The highest BCUT2D eigenvalue weighted by Crippen LogP contribution is 2.47. The van der Waals surface area contributed by atoms with Gasteiger partial charge in [-0.3, -0.25) is 0 Å². The van der Waals surface area contributed by atoms with Crippen LogP contribution in [0.3, 0.4) is 0 Å². The largest absolute Gasteiger partial charge is 0.456 e. The predicted molar refractivity (Wildman–Crippen MR) is 208 cm³/mol. The van der Waals surface area contributed by atoms with Gasteiger partial charge in [0.05, 0.1) is 9.60 Å². The summed E-state index contributed by atoms with van der Waals surface area (Å²) in [6.07, 6.45) is 0. The summed E-state index contributed by atoms with van der Waals surface area (Å²) in [5.41, 5.74) is 8.74. The topological polar surface area (TPSA) is 13.1 Å². The molecule has 228 valence electrons. The van der Waals surface area contributed by atoms with Crippen molar-refractivity contribution in [3.05, 3.63) is 182 Å². The van der Waals surface area contributed by atoms with E-state index < -0.39 is 12.1 Å². The average molecular weight is 630 g/mol. The summed E-state index contributed by atoms with van der Waals surface area (Å²) < 4.78 is 66.3.